The Morgan fingerprint density at radius 1 is 1.50 bits per heavy atom. The summed E-state index contributed by atoms with van der Waals surface area (Å²) in [4.78, 5) is 14.0. The molecular weight excluding hydrogens is 274 g/mol. The number of carbonyl (C=O) groups excluding carboxylic acids is 1. The molecule has 2 rings (SSSR count). The number of benzene rings is 1. The lowest BCUT2D eigenvalue weighted by atomic mass is 10.1. The van der Waals surface area contributed by atoms with Crippen molar-refractivity contribution >= 4 is 23.2 Å². The number of hydrogen-bond acceptors (Lipinski definition) is 3. The van der Waals surface area contributed by atoms with E-state index in [9.17, 15) is 4.79 Å². The number of carbonyl (C=O) groups is 1. The summed E-state index contributed by atoms with van der Waals surface area (Å²) >= 11 is 6.40. The maximum absolute atomic E-state index is 11.9. The molecule has 0 bridgehead atoms. The van der Waals surface area contributed by atoms with E-state index in [-0.39, 0.29) is 11.9 Å². The molecule has 4 nitrogen and oxygen atoms in total. The van der Waals surface area contributed by atoms with Gasteiger partial charge in [0.25, 0.3) is 0 Å². The minimum Gasteiger partial charge on any atom is -0.358 e. The second-order valence-electron chi connectivity index (χ2n) is 5.03. The fourth-order valence-electron chi connectivity index (χ4n) is 2.66. The van der Waals surface area contributed by atoms with Crippen LogP contribution in [0.3, 0.4) is 0 Å². The number of amides is 1. The van der Waals surface area contributed by atoms with Crippen LogP contribution in [-0.2, 0) is 11.3 Å². The van der Waals surface area contributed by atoms with Crippen LogP contribution >= 0.6 is 11.6 Å². The van der Waals surface area contributed by atoms with Gasteiger partial charge in [0.15, 0.2) is 0 Å². The summed E-state index contributed by atoms with van der Waals surface area (Å²) in [7, 11) is 1.68. The first-order chi connectivity index (χ1) is 9.67. The predicted molar refractivity (Wildman–Crippen MR) is 83.3 cm³/mol. The second kappa shape index (κ2) is 6.95. The summed E-state index contributed by atoms with van der Waals surface area (Å²) in [5, 5.41) is 6.73. The molecule has 0 radical (unpaired) electrons. The van der Waals surface area contributed by atoms with Crippen molar-refractivity contribution in [1.82, 2.24) is 10.6 Å². The normalized spacial score (nSPS) is 18.4. The number of anilines is 1. The Labute approximate surface area is 125 Å². The largest absolute Gasteiger partial charge is 0.358 e. The number of likely N-dealkylation sites (N-methyl/N-ethyl adjacent to an activating group) is 1. The first kappa shape index (κ1) is 15.1. The van der Waals surface area contributed by atoms with Gasteiger partial charge in [-0.2, -0.15) is 0 Å². The van der Waals surface area contributed by atoms with Gasteiger partial charge in [-0.15, -0.1) is 0 Å². The Kier molecular flexibility index (Phi) is 5.26. The molecule has 0 saturated carbocycles. The van der Waals surface area contributed by atoms with Crippen molar-refractivity contribution in [2.45, 2.75) is 32.4 Å². The van der Waals surface area contributed by atoms with Gasteiger partial charge in [0.2, 0.25) is 5.91 Å². The van der Waals surface area contributed by atoms with Gasteiger partial charge in [0.05, 0.1) is 10.7 Å². The molecule has 20 heavy (non-hydrogen) atoms. The fourth-order valence-corrected chi connectivity index (χ4v) is 2.97. The molecule has 1 unspecified atom stereocenters. The van der Waals surface area contributed by atoms with Gasteiger partial charge in [-0.25, -0.2) is 0 Å². The van der Waals surface area contributed by atoms with E-state index in [1.807, 2.05) is 12.1 Å². The standard InChI is InChI=1S/C15H22ClN3O/c1-3-18-10-11-6-7-13(12(16)9-11)19-8-4-5-14(19)15(20)17-2/h6-7,9,14,18H,3-5,8,10H2,1-2H3,(H,17,20). The fraction of sp³-hybridized carbons (Fsp3) is 0.533. The number of halogens is 1. The van der Waals surface area contributed by atoms with Crippen molar-refractivity contribution in [3.8, 4) is 0 Å². The van der Waals surface area contributed by atoms with Gasteiger partial charge < -0.3 is 15.5 Å². The van der Waals surface area contributed by atoms with Crippen LogP contribution in [0.2, 0.25) is 5.02 Å². The van der Waals surface area contributed by atoms with Crippen LogP contribution in [0, 0.1) is 0 Å². The summed E-state index contributed by atoms with van der Waals surface area (Å²) in [5.41, 5.74) is 2.12. The first-order valence-electron chi connectivity index (χ1n) is 7.14. The molecule has 1 aromatic rings. The van der Waals surface area contributed by atoms with Gasteiger partial charge in [0.1, 0.15) is 6.04 Å². The highest BCUT2D eigenvalue weighted by Crippen LogP contribution is 2.32. The Morgan fingerprint density at radius 2 is 2.30 bits per heavy atom. The zero-order valence-corrected chi connectivity index (χ0v) is 12.8. The van der Waals surface area contributed by atoms with Crippen LogP contribution in [0.15, 0.2) is 18.2 Å². The maximum atomic E-state index is 11.9. The van der Waals surface area contributed by atoms with Crippen LogP contribution in [0.1, 0.15) is 25.3 Å². The molecule has 2 N–H and O–H groups in total. The molecule has 1 aromatic carbocycles. The van der Waals surface area contributed by atoms with E-state index < -0.39 is 0 Å². The van der Waals surface area contributed by atoms with Crippen molar-refractivity contribution in [3.05, 3.63) is 28.8 Å². The minimum absolute atomic E-state index is 0.0651. The number of hydrogen-bond donors (Lipinski definition) is 2. The number of nitrogens with zero attached hydrogens (tertiary/aromatic N) is 1. The zero-order valence-electron chi connectivity index (χ0n) is 12.1. The SMILES string of the molecule is CCNCc1ccc(N2CCCC2C(=O)NC)c(Cl)c1. The molecule has 5 heteroatoms. The molecule has 0 aliphatic carbocycles. The predicted octanol–water partition coefficient (Wildman–Crippen LogP) is 2.16. The van der Waals surface area contributed by atoms with E-state index in [1.54, 1.807) is 7.05 Å². The Morgan fingerprint density at radius 3 is 2.95 bits per heavy atom. The average Bonchev–Trinajstić information content (AvgIpc) is 2.93. The van der Waals surface area contributed by atoms with Crippen molar-refractivity contribution < 1.29 is 4.79 Å². The van der Waals surface area contributed by atoms with Crippen LogP contribution in [-0.4, -0.2) is 32.1 Å². The lowest BCUT2D eigenvalue weighted by molar-refractivity contribution is -0.121. The molecule has 0 spiro atoms. The third-order valence-corrected chi connectivity index (χ3v) is 4.01. The van der Waals surface area contributed by atoms with E-state index >= 15 is 0 Å². The number of rotatable bonds is 5. The van der Waals surface area contributed by atoms with Gasteiger partial charge in [-0.05, 0) is 37.1 Å². The first-order valence-corrected chi connectivity index (χ1v) is 7.52. The molecule has 110 valence electrons. The highest BCUT2D eigenvalue weighted by atomic mass is 35.5. The zero-order chi connectivity index (χ0) is 14.5. The van der Waals surface area contributed by atoms with E-state index in [2.05, 4.69) is 28.5 Å². The molecule has 1 heterocycles. The topological polar surface area (TPSA) is 44.4 Å². The van der Waals surface area contributed by atoms with Gasteiger partial charge in [-0.1, -0.05) is 24.6 Å². The average molecular weight is 296 g/mol. The lowest BCUT2D eigenvalue weighted by Crippen LogP contribution is -2.42. The molecule has 1 saturated heterocycles. The smallest absolute Gasteiger partial charge is 0.242 e. The summed E-state index contributed by atoms with van der Waals surface area (Å²) < 4.78 is 0. The number of nitrogens with one attached hydrogen (secondary N) is 2. The molecule has 1 aliphatic rings. The quantitative estimate of drug-likeness (QED) is 0.875. The third kappa shape index (κ3) is 3.25. The van der Waals surface area contributed by atoms with E-state index in [1.165, 1.54) is 0 Å². The van der Waals surface area contributed by atoms with Gasteiger partial charge in [0, 0.05) is 20.1 Å². The van der Waals surface area contributed by atoms with Crippen molar-refractivity contribution in [2.24, 2.45) is 0 Å². The molecule has 1 amide bonds. The van der Waals surface area contributed by atoms with Crippen LogP contribution in [0.4, 0.5) is 5.69 Å². The Balaban J connectivity index is 2.17. The van der Waals surface area contributed by atoms with Crippen molar-refractivity contribution in [3.63, 3.8) is 0 Å². The lowest BCUT2D eigenvalue weighted by Gasteiger charge is -2.26. The second-order valence-corrected chi connectivity index (χ2v) is 5.44. The van der Waals surface area contributed by atoms with Crippen molar-refractivity contribution in [1.29, 1.82) is 0 Å². The van der Waals surface area contributed by atoms with E-state index in [0.717, 1.165) is 48.7 Å². The van der Waals surface area contributed by atoms with Gasteiger partial charge >= 0.3 is 0 Å². The van der Waals surface area contributed by atoms with Crippen LogP contribution in [0.5, 0.6) is 0 Å². The Bertz CT molecular complexity index is 478. The molecule has 1 fully saturated rings. The minimum atomic E-state index is -0.0999. The van der Waals surface area contributed by atoms with Crippen LogP contribution in [0.25, 0.3) is 0 Å². The summed E-state index contributed by atoms with van der Waals surface area (Å²) in [5.74, 6) is 0.0651. The van der Waals surface area contributed by atoms with Crippen molar-refractivity contribution in [2.75, 3.05) is 25.0 Å². The highest BCUT2D eigenvalue weighted by Gasteiger charge is 2.31. The molecule has 0 aromatic heterocycles. The monoisotopic (exact) mass is 295 g/mol. The third-order valence-electron chi connectivity index (χ3n) is 3.70. The van der Waals surface area contributed by atoms with Gasteiger partial charge in [-0.3, -0.25) is 4.79 Å². The van der Waals surface area contributed by atoms with Crippen LogP contribution < -0.4 is 15.5 Å². The van der Waals surface area contributed by atoms with E-state index in [0.29, 0.717) is 0 Å². The summed E-state index contributed by atoms with van der Waals surface area (Å²) in [6.45, 7) is 4.71. The maximum Gasteiger partial charge on any atom is 0.242 e. The van der Waals surface area contributed by atoms with E-state index in [4.69, 9.17) is 11.6 Å². The highest BCUT2D eigenvalue weighted by molar-refractivity contribution is 6.33. The Hall–Kier alpha value is -1.26. The molecular formula is C15H22ClN3O. The summed E-state index contributed by atoms with van der Waals surface area (Å²) in [6.07, 6.45) is 1.91. The summed E-state index contributed by atoms with van der Waals surface area (Å²) in [6, 6.07) is 5.98. The molecule has 1 atom stereocenters. The molecule has 1 aliphatic heterocycles.